The molecule has 0 aliphatic heterocycles. The van der Waals surface area contributed by atoms with E-state index in [1.165, 1.54) is 26.2 Å². The summed E-state index contributed by atoms with van der Waals surface area (Å²) < 4.78 is 0. The molecule has 3 amide bonds. The summed E-state index contributed by atoms with van der Waals surface area (Å²) >= 11 is 0. The number of nitrogens with zero attached hydrogens (tertiary/aromatic N) is 1. The zero-order valence-corrected chi connectivity index (χ0v) is 23.3. The van der Waals surface area contributed by atoms with Gasteiger partial charge in [0, 0.05) is 19.0 Å². The van der Waals surface area contributed by atoms with Gasteiger partial charge < -0.3 is 21.1 Å². The van der Waals surface area contributed by atoms with Crippen LogP contribution in [0.1, 0.15) is 91.7 Å². The highest BCUT2D eigenvalue weighted by atomic mass is 16.3. The lowest BCUT2D eigenvalue weighted by molar-refractivity contribution is -0.134. The van der Waals surface area contributed by atoms with Crippen LogP contribution < -0.4 is 16.0 Å². The van der Waals surface area contributed by atoms with Crippen molar-refractivity contribution in [1.29, 1.82) is 0 Å². The molecule has 4 N–H and O–H groups in total. The summed E-state index contributed by atoms with van der Waals surface area (Å²) in [7, 11) is 0. The topological polar surface area (TPSA) is 120 Å². The number of aliphatic hydroxyl groups is 1. The average molecular weight is 517 g/mol. The van der Waals surface area contributed by atoms with Gasteiger partial charge in [0.1, 0.15) is 6.04 Å². The predicted molar refractivity (Wildman–Crippen MR) is 145 cm³/mol. The zero-order valence-electron chi connectivity index (χ0n) is 23.3. The van der Waals surface area contributed by atoms with E-state index in [4.69, 9.17) is 0 Å². The van der Waals surface area contributed by atoms with Crippen molar-refractivity contribution in [2.45, 2.75) is 111 Å². The maximum Gasteiger partial charge on any atom is 0.243 e. The zero-order chi connectivity index (χ0) is 27.4. The van der Waals surface area contributed by atoms with Gasteiger partial charge in [-0.3, -0.25) is 19.4 Å². The summed E-state index contributed by atoms with van der Waals surface area (Å²) in [4.78, 5) is 42.7. The maximum absolute atomic E-state index is 13.5. The van der Waals surface area contributed by atoms with E-state index in [1.807, 2.05) is 45.9 Å². The van der Waals surface area contributed by atoms with Gasteiger partial charge in [-0.2, -0.15) is 0 Å². The number of carbonyl (C=O) groups is 3. The molecule has 8 nitrogen and oxygen atoms in total. The van der Waals surface area contributed by atoms with Gasteiger partial charge in [0.05, 0.1) is 24.4 Å². The lowest BCUT2D eigenvalue weighted by Crippen LogP contribution is -2.53. The Balaban J connectivity index is 2.07. The molecule has 1 fully saturated rings. The molecular formula is C29H48N4O4. The molecule has 8 heteroatoms. The van der Waals surface area contributed by atoms with E-state index >= 15 is 0 Å². The van der Waals surface area contributed by atoms with E-state index in [2.05, 4.69) is 20.9 Å². The van der Waals surface area contributed by atoms with Crippen molar-refractivity contribution in [2.24, 2.45) is 23.7 Å². The molecule has 2 rings (SSSR count). The van der Waals surface area contributed by atoms with Crippen LogP contribution in [-0.2, 0) is 20.9 Å². The Labute approximate surface area is 222 Å². The van der Waals surface area contributed by atoms with Gasteiger partial charge in [0.2, 0.25) is 17.7 Å². The molecular weight excluding hydrogens is 468 g/mol. The number of aromatic nitrogens is 1. The first-order chi connectivity index (χ1) is 17.6. The SMILES string of the molecule is CCC(C)C(NC(=O)C(CC(O)C(CC1CCCCC1)NC(C)=O)C(C)C)C(=O)NCc1ccccn1. The lowest BCUT2D eigenvalue weighted by atomic mass is 9.81. The molecule has 1 aliphatic rings. The van der Waals surface area contributed by atoms with Crippen LogP contribution in [0.5, 0.6) is 0 Å². The minimum absolute atomic E-state index is 0.0449. The first-order valence-corrected chi connectivity index (χ1v) is 14.0. The highest BCUT2D eigenvalue weighted by Crippen LogP contribution is 2.29. The van der Waals surface area contributed by atoms with Crippen molar-refractivity contribution in [2.75, 3.05) is 0 Å². The molecule has 0 bridgehead atoms. The van der Waals surface area contributed by atoms with Crippen LogP contribution in [0.2, 0.25) is 0 Å². The third-order valence-electron chi connectivity index (χ3n) is 7.77. The number of hydrogen-bond acceptors (Lipinski definition) is 5. The second kappa shape index (κ2) is 15.7. The predicted octanol–water partition coefficient (Wildman–Crippen LogP) is 3.73. The number of pyridine rings is 1. The smallest absolute Gasteiger partial charge is 0.243 e. The summed E-state index contributed by atoms with van der Waals surface area (Å²) in [5.41, 5.74) is 0.746. The van der Waals surface area contributed by atoms with E-state index in [-0.39, 0.29) is 48.6 Å². The van der Waals surface area contributed by atoms with Crippen LogP contribution in [0.4, 0.5) is 0 Å². The fraction of sp³-hybridized carbons (Fsp3) is 0.724. The van der Waals surface area contributed by atoms with Crippen molar-refractivity contribution < 1.29 is 19.5 Å². The largest absolute Gasteiger partial charge is 0.391 e. The third-order valence-corrected chi connectivity index (χ3v) is 7.77. The normalized spacial score (nSPS) is 18.4. The molecule has 1 heterocycles. The van der Waals surface area contributed by atoms with E-state index < -0.39 is 18.1 Å². The highest BCUT2D eigenvalue weighted by Gasteiger charge is 2.34. The molecule has 0 radical (unpaired) electrons. The standard InChI is InChI=1S/C29H48N4O4/c1-6-20(4)27(29(37)31-18-23-14-10-11-15-30-23)33-28(36)24(19(2)3)17-26(35)25(32-21(5)34)16-22-12-8-7-9-13-22/h10-11,14-15,19-20,22,24-27,35H,6-9,12-13,16-18H2,1-5H3,(H,31,37)(H,32,34)(H,33,36). The molecule has 208 valence electrons. The Bertz CT molecular complexity index is 842. The summed E-state index contributed by atoms with van der Waals surface area (Å²) in [6, 6.07) is 4.45. The minimum atomic E-state index is -0.844. The van der Waals surface area contributed by atoms with Crippen molar-refractivity contribution in [3.63, 3.8) is 0 Å². The van der Waals surface area contributed by atoms with E-state index in [0.717, 1.165) is 31.4 Å². The van der Waals surface area contributed by atoms with Crippen LogP contribution in [0.3, 0.4) is 0 Å². The van der Waals surface area contributed by atoms with E-state index in [9.17, 15) is 19.5 Å². The fourth-order valence-electron chi connectivity index (χ4n) is 5.21. The van der Waals surface area contributed by atoms with Gasteiger partial charge >= 0.3 is 0 Å². The van der Waals surface area contributed by atoms with Gasteiger partial charge in [0.15, 0.2) is 0 Å². The number of aliphatic hydroxyl groups excluding tert-OH is 1. The molecule has 1 saturated carbocycles. The third kappa shape index (κ3) is 10.4. The Kier molecular flexibility index (Phi) is 13.0. The molecule has 5 unspecified atom stereocenters. The number of hydrogen-bond donors (Lipinski definition) is 4. The van der Waals surface area contributed by atoms with E-state index in [1.54, 1.807) is 6.20 Å². The molecule has 1 aromatic rings. The lowest BCUT2D eigenvalue weighted by Gasteiger charge is -2.33. The van der Waals surface area contributed by atoms with E-state index in [0.29, 0.717) is 5.92 Å². The van der Waals surface area contributed by atoms with Gasteiger partial charge in [-0.05, 0) is 42.7 Å². The molecule has 37 heavy (non-hydrogen) atoms. The quantitative estimate of drug-likeness (QED) is 0.300. The molecule has 5 atom stereocenters. The maximum atomic E-state index is 13.5. The van der Waals surface area contributed by atoms with Gasteiger partial charge in [-0.25, -0.2) is 0 Å². The van der Waals surface area contributed by atoms with Crippen LogP contribution in [0.15, 0.2) is 24.4 Å². The number of carbonyl (C=O) groups excluding carboxylic acids is 3. The van der Waals surface area contributed by atoms with Crippen molar-refractivity contribution in [3.05, 3.63) is 30.1 Å². The van der Waals surface area contributed by atoms with Gasteiger partial charge in [-0.15, -0.1) is 0 Å². The molecule has 1 aliphatic carbocycles. The van der Waals surface area contributed by atoms with Crippen molar-refractivity contribution in [1.82, 2.24) is 20.9 Å². The molecule has 1 aromatic heterocycles. The number of amides is 3. The van der Waals surface area contributed by atoms with Gasteiger partial charge in [-0.1, -0.05) is 72.3 Å². The second-order valence-corrected chi connectivity index (χ2v) is 11.1. The summed E-state index contributed by atoms with van der Waals surface area (Å²) in [6.07, 6.45) is 8.34. The molecule has 0 spiro atoms. The van der Waals surface area contributed by atoms with Crippen LogP contribution in [-0.4, -0.2) is 46.0 Å². The average Bonchev–Trinajstić information content (AvgIpc) is 2.88. The molecule has 0 aromatic carbocycles. The van der Waals surface area contributed by atoms with Crippen LogP contribution in [0, 0.1) is 23.7 Å². The Morgan fingerprint density at radius 3 is 2.32 bits per heavy atom. The summed E-state index contributed by atoms with van der Waals surface area (Å²) in [5, 5.41) is 20.0. The Hall–Kier alpha value is -2.48. The summed E-state index contributed by atoms with van der Waals surface area (Å²) in [6.45, 7) is 9.59. The first-order valence-electron chi connectivity index (χ1n) is 14.0. The van der Waals surface area contributed by atoms with Crippen molar-refractivity contribution in [3.8, 4) is 0 Å². The summed E-state index contributed by atoms with van der Waals surface area (Å²) in [5.74, 6) is -0.791. The van der Waals surface area contributed by atoms with Crippen LogP contribution >= 0.6 is 0 Å². The van der Waals surface area contributed by atoms with Crippen molar-refractivity contribution >= 4 is 17.7 Å². The number of nitrogens with one attached hydrogen (secondary N) is 3. The second-order valence-electron chi connectivity index (χ2n) is 11.1. The first kappa shape index (κ1) is 30.7. The Morgan fingerprint density at radius 1 is 1.05 bits per heavy atom. The fourth-order valence-corrected chi connectivity index (χ4v) is 5.21. The number of rotatable bonds is 14. The minimum Gasteiger partial charge on any atom is -0.391 e. The molecule has 0 saturated heterocycles. The Morgan fingerprint density at radius 2 is 1.76 bits per heavy atom. The van der Waals surface area contributed by atoms with Crippen LogP contribution in [0.25, 0.3) is 0 Å². The monoisotopic (exact) mass is 516 g/mol. The van der Waals surface area contributed by atoms with Gasteiger partial charge in [0.25, 0.3) is 0 Å². The highest BCUT2D eigenvalue weighted by molar-refractivity contribution is 5.88.